The Hall–Kier alpha value is -0.120. The summed E-state index contributed by atoms with van der Waals surface area (Å²) in [4.78, 5) is 3.85. The predicted molar refractivity (Wildman–Crippen MR) is 58.1 cm³/mol. The van der Waals surface area contributed by atoms with E-state index in [1.165, 1.54) is 0 Å². The van der Waals surface area contributed by atoms with Gasteiger partial charge in [-0.25, -0.2) is 0 Å². The topological polar surface area (TPSA) is 35.5 Å². The van der Waals surface area contributed by atoms with Crippen LogP contribution in [0.3, 0.4) is 0 Å². The van der Waals surface area contributed by atoms with Crippen molar-refractivity contribution in [3.05, 3.63) is 0 Å². The number of hydrogen-bond donors (Lipinski definition) is 0. The van der Waals surface area contributed by atoms with Crippen molar-refractivity contribution in [1.82, 2.24) is 5.06 Å². The highest BCUT2D eigenvalue weighted by Crippen LogP contribution is 2.38. The Balaban J connectivity index is 3.20. The molecule has 1 aliphatic rings. The smallest absolute Gasteiger partial charge is 0.134 e. The van der Waals surface area contributed by atoms with E-state index in [4.69, 9.17) is 11.6 Å². The van der Waals surface area contributed by atoms with Crippen LogP contribution in [0.1, 0.15) is 41.5 Å². The van der Waals surface area contributed by atoms with E-state index >= 15 is 0 Å². The molecule has 0 aromatic carbocycles. The lowest BCUT2D eigenvalue weighted by atomic mass is 9.90. The van der Waals surface area contributed by atoms with Gasteiger partial charge in [0, 0.05) is 0 Å². The number of halogens is 1. The van der Waals surface area contributed by atoms with Crippen LogP contribution >= 0.6 is 11.6 Å². The predicted octanol–water partition coefficient (Wildman–Crippen LogP) is 2.62. The molecule has 0 aromatic heterocycles. The second kappa shape index (κ2) is 2.94. The molecular weight excluding hydrogens is 200 g/mol. The molecule has 1 rings (SSSR count). The Kier molecular flexibility index (Phi) is 2.51. The monoisotopic (exact) mass is 217 g/mol. The van der Waals surface area contributed by atoms with E-state index in [-0.39, 0.29) is 0 Å². The number of rotatable bonds is 1. The minimum atomic E-state index is -0.703. The zero-order valence-corrected chi connectivity index (χ0v) is 10.4. The van der Waals surface area contributed by atoms with E-state index < -0.39 is 16.1 Å². The quantitative estimate of drug-likeness (QED) is 0.622. The van der Waals surface area contributed by atoms with Gasteiger partial charge in [0.05, 0.1) is 16.1 Å². The summed E-state index contributed by atoms with van der Waals surface area (Å²) in [5, 5.41) is 13.0. The van der Waals surface area contributed by atoms with Crippen LogP contribution in [0.25, 0.3) is 0 Å². The van der Waals surface area contributed by atoms with Gasteiger partial charge >= 0.3 is 0 Å². The molecule has 0 fully saturated rings. The van der Waals surface area contributed by atoms with E-state index in [1.54, 1.807) is 13.8 Å². The third kappa shape index (κ3) is 1.69. The van der Waals surface area contributed by atoms with Gasteiger partial charge in [-0.2, -0.15) is 0 Å². The molecule has 81 valence electrons. The Bertz CT molecular complexity index is 276. The van der Waals surface area contributed by atoms with E-state index in [2.05, 4.69) is 4.99 Å². The van der Waals surface area contributed by atoms with Crippen molar-refractivity contribution >= 4 is 17.3 Å². The van der Waals surface area contributed by atoms with E-state index in [9.17, 15) is 5.21 Å². The fourth-order valence-electron chi connectivity index (χ4n) is 2.10. The van der Waals surface area contributed by atoms with Crippen molar-refractivity contribution in [1.29, 1.82) is 0 Å². The second-order valence-electron chi connectivity index (χ2n) is 5.28. The molecule has 1 heterocycles. The number of nitrogens with zero attached hydrogens (tertiary/aromatic N) is 2. The first-order chi connectivity index (χ1) is 5.99. The molecule has 0 aliphatic carbocycles. The molecular formula is C10H18ClN2O. The molecule has 1 aliphatic heterocycles. The van der Waals surface area contributed by atoms with Gasteiger partial charge in [-0.3, -0.25) is 4.99 Å². The van der Waals surface area contributed by atoms with Crippen LogP contribution in [-0.2, 0) is 5.21 Å². The normalized spacial score (nSPS) is 26.4. The first-order valence-electron chi connectivity index (χ1n) is 4.77. The van der Waals surface area contributed by atoms with Crippen LogP contribution in [-0.4, -0.2) is 26.9 Å². The Morgan fingerprint density at radius 2 is 1.71 bits per heavy atom. The van der Waals surface area contributed by atoms with Gasteiger partial charge in [0.15, 0.2) is 0 Å². The lowest BCUT2D eigenvalue weighted by Crippen LogP contribution is -2.52. The Morgan fingerprint density at radius 3 is 1.86 bits per heavy atom. The fraction of sp³-hybridized carbons (Fsp3) is 0.900. The van der Waals surface area contributed by atoms with Gasteiger partial charge in [-0.15, -0.1) is 21.9 Å². The average Bonchev–Trinajstić information content (AvgIpc) is 2.10. The van der Waals surface area contributed by atoms with Crippen molar-refractivity contribution in [2.24, 2.45) is 4.99 Å². The van der Waals surface area contributed by atoms with Crippen molar-refractivity contribution < 1.29 is 5.21 Å². The van der Waals surface area contributed by atoms with Gasteiger partial charge in [0.25, 0.3) is 0 Å². The molecule has 0 spiro atoms. The van der Waals surface area contributed by atoms with Crippen molar-refractivity contribution in [2.45, 2.75) is 57.6 Å². The summed E-state index contributed by atoms with van der Waals surface area (Å²) >= 11 is 6.22. The molecule has 4 heteroatoms. The lowest BCUT2D eigenvalue weighted by molar-refractivity contribution is -0.241. The van der Waals surface area contributed by atoms with E-state index in [0.717, 1.165) is 10.8 Å². The minimum Gasteiger partial charge on any atom is -0.266 e. The summed E-state index contributed by atoms with van der Waals surface area (Å²) in [5.74, 6) is 0. The zero-order chi connectivity index (χ0) is 11.4. The molecule has 3 nitrogen and oxygen atoms in total. The average molecular weight is 218 g/mol. The fourth-order valence-corrected chi connectivity index (χ4v) is 2.37. The van der Waals surface area contributed by atoms with E-state index in [0.29, 0.717) is 0 Å². The molecule has 0 unspecified atom stereocenters. The zero-order valence-electron chi connectivity index (χ0n) is 9.68. The summed E-state index contributed by atoms with van der Waals surface area (Å²) in [7, 11) is 0. The maximum atomic E-state index is 11.9. The van der Waals surface area contributed by atoms with Gasteiger partial charge in [0.1, 0.15) is 5.66 Å². The maximum Gasteiger partial charge on any atom is 0.134 e. The number of alkyl halides is 1. The van der Waals surface area contributed by atoms with Crippen LogP contribution in [0.2, 0.25) is 0 Å². The van der Waals surface area contributed by atoms with Gasteiger partial charge in [-0.05, 0) is 41.5 Å². The molecule has 14 heavy (non-hydrogen) atoms. The molecule has 0 saturated carbocycles. The molecule has 1 radical (unpaired) electrons. The largest absolute Gasteiger partial charge is 0.266 e. The number of hydrogen-bond acceptors (Lipinski definition) is 2. The molecule has 0 aromatic rings. The summed E-state index contributed by atoms with van der Waals surface area (Å²) in [6.07, 6.45) is 0. The van der Waals surface area contributed by atoms with Crippen LogP contribution in [0.4, 0.5) is 0 Å². The highest BCUT2D eigenvalue weighted by molar-refractivity contribution is 6.37. The molecule has 0 bridgehead atoms. The SMILES string of the molecule is CC(C)(Cl)C1=NC(C)(C)N([O])C1(C)C. The first kappa shape index (κ1) is 12.0. The molecule has 0 saturated heterocycles. The van der Waals surface area contributed by atoms with Crippen LogP contribution in [0, 0.1) is 0 Å². The lowest BCUT2D eigenvalue weighted by Gasteiger charge is -2.34. The Labute approximate surface area is 90.7 Å². The van der Waals surface area contributed by atoms with Crippen LogP contribution in [0.5, 0.6) is 0 Å². The molecule has 0 atom stereocenters. The number of hydroxylamine groups is 2. The molecule has 0 amide bonds. The highest BCUT2D eigenvalue weighted by Gasteiger charge is 2.52. The maximum absolute atomic E-state index is 11.9. The van der Waals surface area contributed by atoms with Crippen LogP contribution in [0.15, 0.2) is 4.99 Å². The van der Waals surface area contributed by atoms with Gasteiger partial charge in [0.2, 0.25) is 0 Å². The standard InChI is InChI=1S/C10H18ClN2O/c1-8(2,11)7-9(3,4)13(14)10(5,6)12-7/h1-6H3. The minimum absolute atomic E-state index is 0.570. The summed E-state index contributed by atoms with van der Waals surface area (Å²) in [6.45, 7) is 11.1. The Morgan fingerprint density at radius 1 is 1.29 bits per heavy atom. The number of aliphatic imine (C=N–C) groups is 1. The van der Waals surface area contributed by atoms with Crippen molar-refractivity contribution in [3.63, 3.8) is 0 Å². The summed E-state index contributed by atoms with van der Waals surface area (Å²) in [6, 6.07) is 0. The summed E-state index contributed by atoms with van der Waals surface area (Å²) < 4.78 is 0. The van der Waals surface area contributed by atoms with Crippen molar-refractivity contribution in [2.75, 3.05) is 0 Å². The third-order valence-corrected chi connectivity index (χ3v) is 2.71. The first-order valence-corrected chi connectivity index (χ1v) is 5.14. The van der Waals surface area contributed by atoms with Gasteiger partial charge in [-0.1, -0.05) is 0 Å². The van der Waals surface area contributed by atoms with E-state index in [1.807, 2.05) is 27.7 Å². The summed E-state index contributed by atoms with van der Waals surface area (Å²) in [5.41, 5.74) is -0.564. The third-order valence-electron chi connectivity index (χ3n) is 2.53. The second-order valence-corrected chi connectivity index (χ2v) is 6.23. The van der Waals surface area contributed by atoms with Gasteiger partial charge < -0.3 is 0 Å². The molecule has 0 N–H and O–H groups in total. The van der Waals surface area contributed by atoms with Crippen LogP contribution < -0.4 is 0 Å². The van der Waals surface area contributed by atoms with Crippen molar-refractivity contribution in [3.8, 4) is 0 Å². The highest BCUT2D eigenvalue weighted by atomic mass is 35.5.